The Morgan fingerprint density at radius 2 is 1.87 bits per heavy atom. The van der Waals surface area contributed by atoms with Crippen LogP contribution in [-0.2, 0) is 11.3 Å². The van der Waals surface area contributed by atoms with Gasteiger partial charge in [0.2, 0.25) is 5.91 Å². The van der Waals surface area contributed by atoms with Gasteiger partial charge in [0.1, 0.15) is 17.0 Å². The fourth-order valence-corrected chi connectivity index (χ4v) is 6.16. The third-order valence-corrected chi connectivity index (χ3v) is 7.56. The Morgan fingerprint density at radius 3 is 2.53 bits per heavy atom. The lowest BCUT2D eigenvalue weighted by Crippen LogP contribution is -2.49. The molecule has 3 fully saturated rings. The molecule has 2 aromatic rings. The Bertz CT molecular complexity index is 963. The fraction of sp³-hybridized carbons (Fsp3) is 0.480. The van der Waals surface area contributed by atoms with Crippen LogP contribution >= 0.6 is 0 Å². The number of benzene rings is 2. The molecule has 5 rings (SSSR count). The lowest BCUT2D eigenvalue weighted by molar-refractivity contribution is -0.137. The normalized spacial score (nSPS) is 28.1. The van der Waals surface area contributed by atoms with Gasteiger partial charge < -0.3 is 14.7 Å². The molecule has 0 aromatic heterocycles. The number of aromatic hydroxyl groups is 1. The standard InChI is InChI=1S/C25H30N2O3/c1-16-11-19(12-17(2)23(16)28)22-13-20-15-26(14-18-5-7-21(30-3)8-6-18)24(29)25(20)9-4-10-27(22)25/h5-8,11-12,20,22,28H,4,9-10,13-15H2,1-3H3/t20-,22-,25-/m0/s1. The summed E-state index contributed by atoms with van der Waals surface area (Å²) < 4.78 is 5.25. The summed E-state index contributed by atoms with van der Waals surface area (Å²) in [6.07, 6.45) is 3.04. The topological polar surface area (TPSA) is 53.0 Å². The third-order valence-electron chi connectivity index (χ3n) is 7.56. The van der Waals surface area contributed by atoms with Gasteiger partial charge in [-0.25, -0.2) is 0 Å². The van der Waals surface area contributed by atoms with Crippen molar-refractivity contribution >= 4 is 5.91 Å². The number of methoxy groups -OCH3 is 1. The van der Waals surface area contributed by atoms with E-state index >= 15 is 0 Å². The number of hydrogen-bond donors (Lipinski definition) is 1. The largest absolute Gasteiger partial charge is 0.507 e. The van der Waals surface area contributed by atoms with Crippen LogP contribution in [0.15, 0.2) is 36.4 Å². The number of nitrogens with zero attached hydrogens (tertiary/aromatic N) is 2. The summed E-state index contributed by atoms with van der Waals surface area (Å²) in [5.74, 6) is 1.89. The number of aryl methyl sites for hydroxylation is 2. The zero-order valence-corrected chi connectivity index (χ0v) is 18.0. The maximum Gasteiger partial charge on any atom is 0.243 e. The smallest absolute Gasteiger partial charge is 0.243 e. The highest BCUT2D eigenvalue weighted by Crippen LogP contribution is 2.56. The summed E-state index contributed by atoms with van der Waals surface area (Å²) in [5, 5.41) is 10.2. The van der Waals surface area contributed by atoms with Crippen molar-refractivity contribution in [1.82, 2.24) is 9.80 Å². The van der Waals surface area contributed by atoms with Crippen LogP contribution in [0.2, 0.25) is 0 Å². The molecule has 0 radical (unpaired) electrons. The van der Waals surface area contributed by atoms with Gasteiger partial charge in [0.15, 0.2) is 0 Å². The second kappa shape index (κ2) is 7.02. The van der Waals surface area contributed by atoms with Gasteiger partial charge in [0.05, 0.1) is 7.11 Å². The van der Waals surface area contributed by atoms with Gasteiger partial charge >= 0.3 is 0 Å². The molecule has 3 saturated heterocycles. The van der Waals surface area contributed by atoms with Gasteiger partial charge in [0.25, 0.3) is 0 Å². The molecule has 0 bridgehead atoms. The van der Waals surface area contributed by atoms with E-state index < -0.39 is 0 Å². The maximum absolute atomic E-state index is 13.7. The van der Waals surface area contributed by atoms with E-state index in [-0.39, 0.29) is 11.6 Å². The van der Waals surface area contributed by atoms with Crippen molar-refractivity contribution < 1.29 is 14.6 Å². The first-order chi connectivity index (χ1) is 14.4. The molecule has 30 heavy (non-hydrogen) atoms. The number of hydrogen-bond acceptors (Lipinski definition) is 4. The van der Waals surface area contributed by atoms with Crippen LogP contribution in [0.4, 0.5) is 0 Å². The number of ether oxygens (including phenoxy) is 1. The Morgan fingerprint density at radius 1 is 1.17 bits per heavy atom. The minimum Gasteiger partial charge on any atom is -0.507 e. The molecule has 3 aliphatic heterocycles. The molecule has 5 nitrogen and oxygen atoms in total. The van der Waals surface area contributed by atoms with Crippen LogP contribution in [0.5, 0.6) is 11.5 Å². The number of amides is 1. The van der Waals surface area contributed by atoms with Crippen molar-refractivity contribution in [2.75, 3.05) is 20.2 Å². The number of likely N-dealkylation sites (tertiary alicyclic amines) is 1. The number of carbonyl (C=O) groups is 1. The van der Waals surface area contributed by atoms with Gasteiger partial charge in [-0.3, -0.25) is 9.69 Å². The lowest BCUT2D eigenvalue weighted by Gasteiger charge is -2.34. The van der Waals surface area contributed by atoms with Crippen molar-refractivity contribution in [2.24, 2.45) is 5.92 Å². The summed E-state index contributed by atoms with van der Waals surface area (Å²) in [6.45, 7) is 6.39. The molecular formula is C25H30N2O3. The van der Waals surface area contributed by atoms with E-state index in [1.165, 1.54) is 5.56 Å². The number of phenolic OH excluding ortho intramolecular Hbond substituents is 1. The van der Waals surface area contributed by atoms with E-state index in [1.807, 2.05) is 26.0 Å². The van der Waals surface area contributed by atoms with Crippen molar-refractivity contribution in [3.8, 4) is 11.5 Å². The van der Waals surface area contributed by atoms with Crippen LogP contribution in [-0.4, -0.2) is 46.6 Å². The van der Waals surface area contributed by atoms with E-state index in [2.05, 4.69) is 34.1 Å². The maximum atomic E-state index is 13.7. The van der Waals surface area contributed by atoms with Crippen LogP contribution in [0.3, 0.4) is 0 Å². The fourth-order valence-electron chi connectivity index (χ4n) is 6.16. The summed E-state index contributed by atoms with van der Waals surface area (Å²) in [5.41, 5.74) is 3.89. The number of carbonyl (C=O) groups excluding carboxylic acids is 1. The lowest BCUT2D eigenvalue weighted by atomic mass is 9.85. The molecule has 3 atom stereocenters. The second-order valence-corrected chi connectivity index (χ2v) is 9.21. The second-order valence-electron chi connectivity index (χ2n) is 9.21. The summed E-state index contributed by atoms with van der Waals surface area (Å²) in [6, 6.07) is 12.5. The molecule has 0 aliphatic carbocycles. The first-order valence-corrected chi connectivity index (χ1v) is 10.9. The average molecular weight is 407 g/mol. The molecular weight excluding hydrogens is 376 g/mol. The van der Waals surface area contributed by atoms with Crippen LogP contribution in [0.25, 0.3) is 0 Å². The van der Waals surface area contributed by atoms with Gasteiger partial charge in [-0.2, -0.15) is 0 Å². The Labute approximate surface area is 178 Å². The Kier molecular flexibility index (Phi) is 4.55. The van der Waals surface area contributed by atoms with Gasteiger partial charge in [0, 0.05) is 25.0 Å². The van der Waals surface area contributed by atoms with Crippen molar-refractivity contribution in [2.45, 2.75) is 51.2 Å². The quantitative estimate of drug-likeness (QED) is 0.835. The number of phenols is 1. The van der Waals surface area contributed by atoms with Crippen molar-refractivity contribution in [1.29, 1.82) is 0 Å². The Hall–Kier alpha value is -2.53. The molecule has 1 amide bonds. The van der Waals surface area contributed by atoms with Gasteiger partial charge in [-0.05, 0) is 74.0 Å². The zero-order valence-electron chi connectivity index (χ0n) is 18.0. The highest BCUT2D eigenvalue weighted by Gasteiger charge is 2.65. The van der Waals surface area contributed by atoms with E-state index in [0.29, 0.717) is 24.1 Å². The molecule has 2 aromatic carbocycles. The first-order valence-electron chi connectivity index (χ1n) is 10.9. The molecule has 0 unspecified atom stereocenters. The molecule has 5 heteroatoms. The van der Waals surface area contributed by atoms with Crippen molar-refractivity contribution in [3.63, 3.8) is 0 Å². The van der Waals surface area contributed by atoms with Crippen LogP contribution < -0.4 is 4.74 Å². The number of rotatable bonds is 4. The molecule has 1 spiro atoms. The van der Waals surface area contributed by atoms with Crippen LogP contribution in [0, 0.1) is 19.8 Å². The minimum atomic E-state index is -0.336. The van der Waals surface area contributed by atoms with E-state index in [0.717, 1.165) is 54.8 Å². The third kappa shape index (κ3) is 2.75. The highest BCUT2D eigenvalue weighted by atomic mass is 16.5. The van der Waals surface area contributed by atoms with E-state index in [4.69, 9.17) is 4.74 Å². The van der Waals surface area contributed by atoms with Crippen LogP contribution in [0.1, 0.15) is 47.6 Å². The van der Waals surface area contributed by atoms with E-state index in [1.54, 1.807) is 7.11 Å². The molecule has 158 valence electrons. The Balaban J connectivity index is 1.41. The summed E-state index contributed by atoms with van der Waals surface area (Å²) in [4.78, 5) is 18.3. The van der Waals surface area contributed by atoms with Gasteiger partial charge in [-0.15, -0.1) is 0 Å². The predicted octanol–water partition coefficient (Wildman–Crippen LogP) is 3.96. The SMILES string of the molecule is COc1ccc(CN2C[C@@H]3C[C@@H](c4cc(C)c(O)c(C)c4)N4CCC[C@@]34C2=O)cc1. The average Bonchev–Trinajstić information content (AvgIpc) is 3.37. The zero-order chi connectivity index (χ0) is 21.0. The van der Waals surface area contributed by atoms with E-state index in [9.17, 15) is 9.90 Å². The molecule has 3 heterocycles. The predicted molar refractivity (Wildman–Crippen MR) is 116 cm³/mol. The first kappa shape index (κ1) is 19.4. The molecule has 1 N–H and O–H groups in total. The monoisotopic (exact) mass is 406 g/mol. The molecule has 3 aliphatic rings. The summed E-state index contributed by atoms with van der Waals surface area (Å²) >= 11 is 0. The van der Waals surface area contributed by atoms with Crippen molar-refractivity contribution in [3.05, 3.63) is 58.7 Å². The molecule has 0 saturated carbocycles. The minimum absolute atomic E-state index is 0.266. The van der Waals surface area contributed by atoms with Gasteiger partial charge in [-0.1, -0.05) is 24.3 Å². The highest BCUT2D eigenvalue weighted by molar-refractivity contribution is 5.90. The summed E-state index contributed by atoms with van der Waals surface area (Å²) in [7, 11) is 1.67.